The summed E-state index contributed by atoms with van der Waals surface area (Å²) in [6.07, 6.45) is 6.42. The van der Waals surface area contributed by atoms with E-state index in [9.17, 15) is 9.59 Å². The SMILES string of the molecule is COC(=O)CNC(=O)C1=CC2=CNON2C=C1. The molecule has 2 aliphatic heterocycles. The summed E-state index contributed by atoms with van der Waals surface area (Å²) in [5.41, 5.74) is 3.68. The largest absolute Gasteiger partial charge is 0.468 e. The molecular weight excluding hydrogens is 226 g/mol. The lowest BCUT2D eigenvalue weighted by atomic mass is 10.1. The number of fused-ring (bicyclic) bond motifs is 1. The summed E-state index contributed by atoms with van der Waals surface area (Å²) in [5, 5.41) is 3.91. The van der Waals surface area contributed by atoms with Crippen LogP contribution in [0.4, 0.5) is 0 Å². The van der Waals surface area contributed by atoms with Crippen molar-refractivity contribution in [1.29, 1.82) is 0 Å². The second-order valence-corrected chi connectivity index (χ2v) is 3.28. The molecule has 0 fully saturated rings. The molecule has 2 aliphatic rings. The lowest BCUT2D eigenvalue weighted by Crippen LogP contribution is -2.31. The molecule has 0 aromatic rings. The molecule has 0 aromatic heterocycles. The molecule has 1 amide bonds. The maximum atomic E-state index is 11.7. The van der Waals surface area contributed by atoms with Crippen molar-refractivity contribution < 1.29 is 19.3 Å². The van der Waals surface area contributed by atoms with Crippen molar-refractivity contribution in [3.8, 4) is 0 Å². The van der Waals surface area contributed by atoms with Gasteiger partial charge in [-0.3, -0.25) is 9.59 Å². The van der Waals surface area contributed by atoms with Gasteiger partial charge in [-0.1, -0.05) is 0 Å². The van der Waals surface area contributed by atoms with Crippen molar-refractivity contribution in [3.05, 3.63) is 35.8 Å². The van der Waals surface area contributed by atoms with Crippen LogP contribution in [0.25, 0.3) is 0 Å². The number of ether oxygens (including phenoxy) is 1. The number of allylic oxidation sites excluding steroid dienone is 1. The predicted molar refractivity (Wildman–Crippen MR) is 56.4 cm³/mol. The van der Waals surface area contributed by atoms with Gasteiger partial charge in [0.25, 0.3) is 5.91 Å². The van der Waals surface area contributed by atoms with Gasteiger partial charge in [0.15, 0.2) is 0 Å². The zero-order valence-electron chi connectivity index (χ0n) is 9.10. The number of hydrogen-bond acceptors (Lipinski definition) is 6. The van der Waals surface area contributed by atoms with E-state index in [1.165, 1.54) is 12.2 Å². The molecule has 0 atom stereocenters. The first-order chi connectivity index (χ1) is 8.20. The van der Waals surface area contributed by atoms with Crippen LogP contribution >= 0.6 is 0 Å². The smallest absolute Gasteiger partial charge is 0.325 e. The quantitative estimate of drug-likeness (QED) is 0.633. The molecule has 2 heterocycles. The van der Waals surface area contributed by atoms with Crippen molar-refractivity contribution in [1.82, 2.24) is 15.9 Å². The Balaban J connectivity index is 1.96. The number of hydroxylamine groups is 3. The fourth-order valence-electron chi connectivity index (χ4n) is 1.30. The van der Waals surface area contributed by atoms with Gasteiger partial charge in [-0.2, -0.15) is 4.94 Å². The lowest BCUT2D eigenvalue weighted by Gasteiger charge is -2.16. The molecule has 0 spiro atoms. The van der Waals surface area contributed by atoms with Crippen LogP contribution in [0.15, 0.2) is 35.8 Å². The number of rotatable bonds is 3. The molecule has 7 nitrogen and oxygen atoms in total. The number of nitrogens with zero attached hydrogens (tertiary/aromatic N) is 1. The van der Waals surface area contributed by atoms with Gasteiger partial charge >= 0.3 is 5.97 Å². The summed E-state index contributed by atoms with van der Waals surface area (Å²) in [5.74, 6) is -0.843. The molecule has 2 N–H and O–H groups in total. The van der Waals surface area contributed by atoms with E-state index in [0.717, 1.165) is 0 Å². The van der Waals surface area contributed by atoms with Crippen LogP contribution in [-0.2, 0) is 19.3 Å². The summed E-state index contributed by atoms with van der Waals surface area (Å²) < 4.78 is 4.42. The van der Waals surface area contributed by atoms with Gasteiger partial charge in [0.05, 0.1) is 19.0 Å². The maximum absolute atomic E-state index is 11.7. The van der Waals surface area contributed by atoms with E-state index in [4.69, 9.17) is 4.94 Å². The molecule has 2 rings (SSSR count). The highest BCUT2D eigenvalue weighted by Gasteiger charge is 2.19. The summed E-state index contributed by atoms with van der Waals surface area (Å²) in [7, 11) is 1.26. The second-order valence-electron chi connectivity index (χ2n) is 3.28. The van der Waals surface area contributed by atoms with Crippen LogP contribution in [0.1, 0.15) is 0 Å². The zero-order valence-corrected chi connectivity index (χ0v) is 9.10. The van der Waals surface area contributed by atoms with Gasteiger partial charge in [0.2, 0.25) is 0 Å². The number of carbonyl (C=O) groups excluding carboxylic acids is 2. The molecule has 0 radical (unpaired) electrons. The predicted octanol–water partition coefficient (Wildman–Crippen LogP) is -0.678. The Morgan fingerprint density at radius 2 is 2.41 bits per heavy atom. The number of nitrogens with one attached hydrogen (secondary N) is 2. The molecule has 7 heteroatoms. The minimum Gasteiger partial charge on any atom is -0.468 e. The molecule has 0 bridgehead atoms. The third kappa shape index (κ3) is 2.45. The monoisotopic (exact) mass is 237 g/mol. The molecule has 0 unspecified atom stereocenters. The first kappa shape index (κ1) is 11.2. The molecule has 90 valence electrons. The van der Waals surface area contributed by atoms with Gasteiger partial charge in [0, 0.05) is 11.8 Å². The van der Waals surface area contributed by atoms with Crippen molar-refractivity contribution >= 4 is 11.9 Å². The number of methoxy groups -OCH3 is 1. The van der Waals surface area contributed by atoms with Gasteiger partial charge < -0.3 is 10.1 Å². The Morgan fingerprint density at radius 1 is 1.59 bits per heavy atom. The van der Waals surface area contributed by atoms with Crippen molar-refractivity contribution in [2.24, 2.45) is 0 Å². The number of hydrogen-bond donors (Lipinski definition) is 2. The van der Waals surface area contributed by atoms with E-state index in [1.54, 1.807) is 24.6 Å². The standard InChI is InChI=1S/C10H11N3O4/c1-16-9(14)6-11-10(15)7-2-3-13-8(4-7)5-12-17-13/h2-5,12H,6H2,1H3,(H,11,15). The number of amides is 1. The average molecular weight is 237 g/mol. The first-order valence-electron chi connectivity index (χ1n) is 4.87. The number of esters is 1. The Kier molecular flexibility index (Phi) is 3.10. The Bertz CT molecular complexity index is 439. The fraction of sp³-hybridized carbons (Fsp3) is 0.200. The summed E-state index contributed by atoms with van der Waals surface area (Å²) in [6, 6.07) is 0. The summed E-state index contributed by atoms with van der Waals surface area (Å²) in [4.78, 5) is 27.5. The van der Waals surface area contributed by atoms with E-state index in [0.29, 0.717) is 11.3 Å². The van der Waals surface area contributed by atoms with Crippen LogP contribution < -0.4 is 10.8 Å². The minimum absolute atomic E-state index is 0.155. The molecule has 0 aromatic carbocycles. The van der Waals surface area contributed by atoms with Crippen LogP contribution in [0.2, 0.25) is 0 Å². The summed E-state index contributed by atoms with van der Waals surface area (Å²) >= 11 is 0. The van der Waals surface area contributed by atoms with Gasteiger partial charge in [-0.15, -0.1) is 0 Å². The van der Waals surface area contributed by atoms with Crippen molar-refractivity contribution in [2.75, 3.05) is 13.7 Å². The van der Waals surface area contributed by atoms with Crippen molar-refractivity contribution in [3.63, 3.8) is 0 Å². The zero-order chi connectivity index (χ0) is 12.3. The topological polar surface area (TPSA) is 79.9 Å². The highest BCUT2D eigenvalue weighted by molar-refractivity contribution is 5.98. The van der Waals surface area contributed by atoms with Gasteiger partial charge in [-0.05, 0) is 12.2 Å². The third-order valence-corrected chi connectivity index (χ3v) is 2.19. The highest BCUT2D eigenvalue weighted by atomic mass is 16.8. The molecule has 17 heavy (non-hydrogen) atoms. The van der Waals surface area contributed by atoms with E-state index in [2.05, 4.69) is 15.5 Å². The first-order valence-corrected chi connectivity index (χ1v) is 4.87. The van der Waals surface area contributed by atoms with E-state index in [-0.39, 0.29) is 12.5 Å². The Morgan fingerprint density at radius 3 is 3.18 bits per heavy atom. The molecule has 0 saturated heterocycles. The molecular formula is C10H11N3O4. The molecule has 0 saturated carbocycles. The van der Waals surface area contributed by atoms with E-state index in [1.807, 2.05) is 0 Å². The minimum atomic E-state index is -0.495. The third-order valence-electron chi connectivity index (χ3n) is 2.19. The maximum Gasteiger partial charge on any atom is 0.325 e. The normalized spacial score (nSPS) is 16.6. The lowest BCUT2D eigenvalue weighted by molar-refractivity contribution is -0.140. The van der Waals surface area contributed by atoms with Gasteiger partial charge in [-0.25, -0.2) is 10.5 Å². The Hall–Kier alpha value is -2.28. The van der Waals surface area contributed by atoms with Gasteiger partial charge in [0.1, 0.15) is 6.54 Å². The Labute approximate surface area is 97.3 Å². The second kappa shape index (κ2) is 4.71. The van der Waals surface area contributed by atoms with Crippen LogP contribution in [0.3, 0.4) is 0 Å². The van der Waals surface area contributed by atoms with Crippen LogP contribution in [0, 0.1) is 0 Å². The fourth-order valence-corrected chi connectivity index (χ4v) is 1.30. The average Bonchev–Trinajstić information content (AvgIpc) is 2.82. The van der Waals surface area contributed by atoms with E-state index >= 15 is 0 Å². The van der Waals surface area contributed by atoms with E-state index < -0.39 is 5.97 Å². The van der Waals surface area contributed by atoms with Crippen LogP contribution in [-0.4, -0.2) is 30.6 Å². The number of carbonyl (C=O) groups is 2. The van der Waals surface area contributed by atoms with Crippen LogP contribution in [0.5, 0.6) is 0 Å². The molecule has 0 aliphatic carbocycles. The van der Waals surface area contributed by atoms with Crippen molar-refractivity contribution in [2.45, 2.75) is 0 Å². The highest BCUT2D eigenvalue weighted by Crippen LogP contribution is 2.19. The summed E-state index contributed by atoms with van der Waals surface area (Å²) in [6.45, 7) is -0.155.